The van der Waals surface area contributed by atoms with Gasteiger partial charge in [0.15, 0.2) is 0 Å². The first-order valence-corrected chi connectivity index (χ1v) is 10.2. The van der Waals surface area contributed by atoms with Crippen molar-refractivity contribution in [2.75, 3.05) is 12.4 Å². The number of halogens is 1. The van der Waals surface area contributed by atoms with E-state index in [1.807, 2.05) is 25.1 Å². The average Bonchev–Trinajstić information content (AvgIpc) is 3.15. The quantitative estimate of drug-likeness (QED) is 0.715. The lowest BCUT2D eigenvalue weighted by Gasteiger charge is -2.30. The maximum absolute atomic E-state index is 13.2. The molecule has 2 aliphatic rings. The van der Waals surface area contributed by atoms with Gasteiger partial charge in [0.05, 0.1) is 12.7 Å². The Morgan fingerprint density at radius 1 is 1.29 bits per heavy atom. The average molecular weight is 448 g/mol. The molecule has 1 aromatic heterocycles. The van der Waals surface area contributed by atoms with Crippen LogP contribution in [-0.2, 0) is 9.53 Å². The number of carbonyl (C=O) groups excluding carboxylic acids is 1. The van der Waals surface area contributed by atoms with Crippen LogP contribution < -0.4 is 10.1 Å². The van der Waals surface area contributed by atoms with Gasteiger partial charge in [0.2, 0.25) is 5.95 Å². The summed E-state index contributed by atoms with van der Waals surface area (Å²) in [6, 6.07) is 5.14. The highest BCUT2D eigenvalue weighted by atomic mass is 79.9. The lowest BCUT2D eigenvalue weighted by Crippen LogP contribution is -2.32. The largest absolute Gasteiger partial charge is 0.496 e. The molecule has 28 heavy (non-hydrogen) atoms. The number of nitrogens with zero attached hydrogens (tertiary/aromatic N) is 4. The van der Waals surface area contributed by atoms with Crippen molar-refractivity contribution < 1.29 is 14.3 Å². The first-order chi connectivity index (χ1) is 13.6. The number of hydrogen-bond donors (Lipinski definition) is 1. The zero-order valence-corrected chi connectivity index (χ0v) is 17.4. The lowest BCUT2D eigenvalue weighted by molar-refractivity contribution is -0.146. The molecule has 0 saturated heterocycles. The van der Waals surface area contributed by atoms with Crippen LogP contribution in [0.15, 0.2) is 33.9 Å². The number of benzene rings is 1. The number of ether oxygens (including phenoxy) is 2. The fourth-order valence-electron chi connectivity index (χ4n) is 3.87. The molecule has 148 valence electrons. The highest BCUT2D eigenvalue weighted by molar-refractivity contribution is 9.10. The minimum Gasteiger partial charge on any atom is -0.496 e. The highest BCUT2D eigenvalue weighted by Crippen LogP contribution is 2.40. The Morgan fingerprint density at radius 3 is 2.82 bits per heavy atom. The second kappa shape index (κ2) is 7.90. The van der Waals surface area contributed by atoms with Crippen LogP contribution >= 0.6 is 15.9 Å². The van der Waals surface area contributed by atoms with Crippen molar-refractivity contribution in [3.05, 3.63) is 39.5 Å². The summed E-state index contributed by atoms with van der Waals surface area (Å²) in [7, 11) is 1.60. The van der Waals surface area contributed by atoms with Crippen LogP contribution in [0.2, 0.25) is 0 Å². The van der Waals surface area contributed by atoms with Crippen molar-refractivity contribution in [2.45, 2.75) is 51.2 Å². The Kier molecular flexibility index (Phi) is 5.34. The van der Waals surface area contributed by atoms with Crippen LogP contribution in [-0.4, -0.2) is 39.4 Å². The maximum Gasteiger partial charge on any atom is 0.338 e. The second-order valence-electron chi connectivity index (χ2n) is 7.06. The molecule has 8 nitrogen and oxygen atoms in total. The lowest BCUT2D eigenvalue weighted by atomic mass is 9.94. The van der Waals surface area contributed by atoms with Crippen molar-refractivity contribution >= 4 is 27.8 Å². The Morgan fingerprint density at radius 2 is 2.07 bits per heavy atom. The zero-order valence-electron chi connectivity index (χ0n) is 15.8. The molecule has 1 unspecified atom stereocenters. The van der Waals surface area contributed by atoms with Crippen molar-refractivity contribution in [1.29, 1.82) is 0 Å². The predicted molar refractivity (Wildman–Crippen MR) is 106 cm³/mol. The topological polar surface area (TPSA) is 91.2 Å². The standard InChI is InChI=1S/C19H22BrN5O3/c1-11-16(18(26)28-13-6-4-3-5-7-13)17(25-19(21-11)22-23-24-25)14-9-8-12(20)10-15(14)27-2/h8-10,13,17H,3-7H2,1-2H3,(H,21,22,24). The number of fused-ring (bicyclic) bond motifs is 1. The van der Waals surface area contributed by atoms with E-state index in [2.05, 4.69) is 36.8 Å². The van der Waals surface area contributed by atoms with E-state index in [1.54, 1.807) is 11.8 Å². The molecule has 0 spiro atoms. The number of esters is 1. The number of rotatable bonds is 4. The van der Waals surface area contributed by atoms with Crippen LogP contribution in [0.1, 0.15) is 50.6 Å². The van der Waals surface area contributed by atoms with E-state index in [9.17, 15) is 4.79 Å². The Bertz CT molecular complexity index is 920. The van der Waals surface area contributed by atoms with Gasteiger partial charge in [0, 0.05) is 15.7 Å². The summed E-state index contributed by atoms with van der Waals surface area (Å²) in [6.07, 6.45) is 5.17. The Hall–Kier alpha value is -2.42. The Labute approximate surface area is 171 Å². The van der Waals surface area contributed by atoms with Crippen LogP contribution in [0.4, 0.5) is 5.95 Å². The predicted octanol–water partition coefficient (Wildman–Crippen LogP) is 3.61. The van der Waals surface area contributed by atoms with Crippen molar-refractivity contribution in [3.8, 4) is 5.75 Å². The molecule has 0 amide bonds. The maximum atomic E-state index is 13.2. The SMILES string of the molecule is COc1cc(Br)ccc1C1C(C(=O)OC2CCCCC2)=C(C)Nc2nnnn21. The first-order valence-electron chi connectivity index (χ1n) is 9.38. The van der Waals surface area contributed by atoms with Gasteiger partial charge in [-0.3, -0.25) is 0 Å². The van der Waals surface area contributed by atoms with Gasteiger partial charge in [-0.2, -0.15) is 4.68 Å². The summed E-state index contributed by atoms with van der Waals surface area (Å²) in [5.74, 6) is 0.771. The molecule has 1 aliphatic carbocycles. The van der Waals surface area contributed by atoms with Gasteiger partial charge in [-0.15, -0.1) is 0 Å². The minimum atomic E-state index is -0.537. The molecular formula is C19H22BrN5O3. The van der Waals surface area contributed by atoms with Crippen LogP contribution in [0, 0.1) is 0 Å². The number of methoxy groups -OCH3 is 1. The number of nitrogens with one attached hydrogen (secondary N) is 1. The summed E-state index contributed by atoms with van der Waals surface area (Å²) in [5.41, 5.74) is 1.96. The van der Waals surface area contributed by atoms with E-state index in [1.165, 1.54) is 6.42 Å². The molecule has 0 radical (unpaired) electrons. The van der Waals surface area contributed by atoms with Gasteiger partial charge in [-0.1, -0.05) is 33.5 Å². The number of aromatic nitrogens is 4. The summed E-state index contributed by atoms with van der Waals surface area (Å²) in [6.45, 7) is 1.84. The molecular weight excluding hydrogens is 426 g/mol. The molecule has 1 fully saturated rings. The summed E-state index contributed by atoms with van der Waals surface area (Å²) in [5, 5.41) is 15.0. The van der Waals surface area contributed by atoms with E-state index >= 15 is 0 Å². The van der Waals surface area contributed by atoms with Crippen molar-refractivity contribution in [2.24, 2.45) is 0 Å². The number of allylic oxidation sites excluding steroid dienone is 1. The smallest absolute Gasteiger partial charge is 0.338 e. The van der Waals surface area contributed by atoms with Gasteiger partial charge in [0.1, 0.15) is 17.9 Å². The monoisotopic (exact) mass is 447 g/mol. The molecule has 4 rings (SSSR count). The van der Waals surface area contributed by atoms with Gasteiger partial charge in [-0.25, -0.2) is 4.79 Å². The van der Waals surface area contributed by atoms with E-state index in [0.717, 1.165) is 35.7 Å². The third kappa shape index (κ3) is 3.50. The third-order valence-corrected chi connectivity index (χ3v) is 5.74. The van der Waals surface area contributed by atoms with E-state index in [0.29, 0.717) is 23.0 Å². The molecule has 9 heteroatoms. The molecule has 2 heterocycles. The zero-order chi connectivity index (χ0) is 19.7. The van der Waals surface area contributed by atoms with Gasteiger partial charge in [0.25, 0.3) is 0 Å². The number of carbonyl (C=O) groups is 1. The molecule has 1 aliphatic heterocycles. The fraction of sp³-hybridized carbons (Fsp3) is 0.474. The van der Waals surface area contributed by atoms with Crippen LogP contribution in [0.3, 0.4) is 0 Å². The normalized spacial score (nSPS) is 19.8. The van der Waals surface area contributed by atoms with Gasteiger partial charge >= 0.3 is 5.97 Å². The van der Waals surface area contributed by atoms with Gasteiger partial charge in [-0.05, 0) is 55.2 Å². The minimum absolute atomic E-state index is 0.0377. The first kappa shape index (κ1) is 18.9. The molecule has 1 aromatic carbocycles. The van der Waals surface area contributed by atoms with E-state index < -0.39 is 6.04 Å². The summed E-state index contributed by atoms with van der Waals surface area (Å²) in [4.78, 5) is 13.2. The van der Waals surface area contributed by atoms with Crippen molar-refractivity contribution in [1.82, 2.24) is 20.2 Å². The molecule has 1 N–H and O–H groups in total. The third-order valence-electron chi connectivity index (χ3n) is 5.25. The molecule has 1 atom stereocenters. The van der Waals surface area contributed by atoms with Crippen LogP contribution in [0.25, 0.3) is 0 Å². The second-order valence-corrected chi connectivity index (χ2v) is 7.98. The molecule has 1 saturated carbocycles. The van der Waals surface area contributed by atoms with E-state index in [-0.39, 0.29) is 12.1 Å². The van der Waals surface area contributed by atoms with Crippen LogP contribution in [0.5, 0.6) is 5.75 Å². The summed E-state index contributed by atoms with van der Waals surface area (Å²) < 4.78 is 13.9. The molecule has 0 bridgehead atoms. The number of hydrogen-bond acceptors (Lipinski definition) is 7. The Balaban J connectivity index is 1.75. The molecule has 2 aromatic rings. The van der Waals surface area contributed by atoms with E-state index in [4.69, 9.17) is 9.47 Å². The highest BCUT2D eigenvalue weighted by Gasteiger charge is 2.37. The number of anilines is 1. The number of tetrazole rings is 1. The summed E-state index contributed by atoms with van der Waals surface area (Å²) >= 11 is 3.46. The van der Waals surface area contributed by atoms with Gasteiger partial charge < -0.3 is 14.8 Å². The fourth-order valence-corrected chi connectivity index (χ4v) is 4.21. The van der Waals surface area contributed by atoms with Crippen molar-refractivity contribution in [3.63, 3.8) is 0 Å².